The molecule has 5 heteroatoms. The van der Waals surface area contributed by atoms with Crippen LogP contribution in [0.5, 0.6) is 0 Å². The third-order valence-corrected chi connectivity index (χ3v) is 4.21. The van der Waals surface area contributed by atoms with Crippen LogP contribution in [0.2, 0.25) is 0 Å². The Labute approximate surface area is 158 Å². The van der Waals surface area contributed by atoms with Crippen molar-refractivity contribution in [3.05, 3.63) is 95.4 Å². The van der Waals surface area contributed by atoms with Gasteiger partial charge in [-0.3, -0.25) is 0 Å². The van der Waals surface area contributed by atoms with Gasteiger partial charge in [0.05, 0.1) is 47.9 Å². The van der Waals surface area contributed by atoms with Crippen molar-refractivity contribution in [2.45, 2.75) is 6.92 Å². The summed E-state index contributed by atoms with van der Waals surface area (Å²) in [6, 6.07) is 0.256. The summed E-state index contributed by atoms with van der Waals surface area (Å²) in [6.07, 6.45) is 19.1. The van der Waals surface area contributed by atoms with Crippen molar-refractivity contribution in [3.63, 3.8) is 0 Å². The number of allylic oxidation sites excluding steroid dienone is 11. The fourth-order valence-corrected chi connectivity index (χ4v) is 3.06. The fraction of sp³-hybridized carbons (Fsp3) is 0.0909. The average molecular weight is 353 g/mol. The van der Waals surface area contributed by atoms with Crippen molar-refractivity contribution >= 4 is 22.8 Å². The summed E-state index contributed by atoms with van der Waals surface area (Å²) in [7, 11) is 0. The summed E-state index contributed by atoms with van der Waals surface area (Å²) in [6.45, 7) is 2.36. The smallest absolute Gasteiger partial charge is 0.147 e. The Morgan fingerprint density at radius 1 is 0.704 bits per heavy atom. The molecule has 0 spiro atoms. The van der Waals surface area contributed by atoms with Crippen molar-refractivity contribution < 1.29 is 6.11 Å². The summed E-state index contributed by atoms with van der Waals surface area (Å²) >= 11 is 0. The summed E-state index contributed by atoms with van der Waals surface area (Å²) in [5.74, 6) is 0.465. The molecule has 0 saturated carbocycles. The largest absolute Gasteiger partial charge is 0.492 e. The Morgan fingerprint density at radius 2 is 1.22 bits per heavy atom. The number of hydrogen-bond acceptors (Lipinski definition) is 5. The Kier molecular flexibility index (Phi) is 3.39. The Hall–Kier alpha value is -3.60. The van der Waals surface area contributed by atoms with Crippen molar-refractivity contribution in [2.24, 2.45) is 20.0 Å². The van der Waals surface area contributed by atoms with Crippen LogP contribution in [0.4, 0.5) is 0 Å². The van der Waals surface area contributed by atoms with Gasteiger partial charge in [-0.15, -0.1) is 0 Å². The lowest BCUT2D eigenvalue weighted by atomic mass is 10.2. The van der Waals surface area contributed by atoms with E-state index < -0.39 is 0 Å². The minimum atomic E-state index is 0.256. The highest BCUT2D eigenvalue weighted by Crippen LogP contribution is 2.24. The molecule has 130 valence electrons. The molecule has 0 amide bonds. The molecule has 5 nitrogen and oxygen atoms in total. The summed E-state index contributed by atoms with van der Waals surface area (Å²) in [5, 5.41) is 0. The lowest BCUT2D eigenvalue weighted by Gasteiger charge is -2.03. The predicted molar refractivity (Wildman–Crippen MR) is 109 cm³/mol. The van der Waals surface area contributed by atoms with Gasteiger partial charge in [-0.1, -0.05) is 0 Å². The van der Waals surface area contributed by atoms with Crippen LogP contribution in [0, 0.1) is 0 Å². The van der Waals surface area contributed by atoms with Crippen LogP contribution in [-0.4, -0.2) is 29.5 Å². The lowest BCUT2D eigenvalue weighted by molar-refractivity contribution is 0.239. The lowest BCUT2D eigenvalue weighted by Crippen LogP contribution is -1.94. The zero-order valence-electron chi connectivity index (χ0n) is 15.7. The molecule has 0 aliphatic carbocycles. The van der Waals surface area contributed by atoms with Crippen LogP contribution >= 0.6 is 0 Å². The van der Waals surface area contributed by atoms with Crippen molar-refractivity contribution in [1.82, 2.24) is 0 Å². The number of hydrogen-bond donors (Lipinski definition) is 0. The topological polar surface area (TPSA) is 58.7 Å². The Morgan fingerprint density at radius 3 is 1.78 bits per heavy atom. The Bertz CT molecular complexity index is 1160. The number of aliphatic imine (C=N–C) groups is 4. The maximum atomic E-state index is 8.46. The van der Waals surface area contributed by atoms with Gasteiger partial charge in [-0.05, 0) is 67.7 Å². The van der Waals surface area contributed by atoms with E-state index in [1.54, 1.807) is 6.08 Å². The monoisotopic (exact) mass is 353 g/mol. The SMILES string of the molecule is [2H]C1=C(OCC)C2=CC3=NC(=CC4=NC(=CC5=NC(=CC1=N2)C=C5)C=C4)C=C3. The fourth-order valence-electron chi connectivity index (χ4n) is 3.06. The van der Waals surface area contributed by atoms with E-state index in [0.717, 1.165) is 34.2 Å². The molecule has 5 aliphatic heterocycles. The van der Waals surface area contributed by atoms with Gasteiger partial charge in [0.2, 0.25) is 0 Å². The standard InChI is InChI=1S/C22H16N4O/c1-2-27-22-13-20-11-18-6-5-16(24-18)9-14-3-4-15(23-14)10-17-7-8-19(25-17)12-21(22)26-20/h3-13H,2H2,1H3/i13D. The first kappa shape index (κ1) is 14.6. The van der Waals surface area contributed by atoms with E-state index >= 15 is 0 Å². The van der Waals surface area contributed by atoms with Crippen molar-refractivity contribution in [1.29, 1.82) is 0 Å². The summed E-state index contributed by atoms with van der Waals surface area (Å²) in [5.41, 5.74) is 5.95. The second-order valence-corrected chi connectivity index (χ2v) is 6.23. The molecule has 0 unspecified atom stereocenters. The number of nitrogens with zero attached hydrogens (tertiary/aromatic N) is 4. The molecule has 5 heterocycles. The van der Waals surface area contributed by atoms with E-state index in [1.165, 1.54) is 0 Å². The highest BCUT2D eigenvalue weighted by molar-refractivity contribution is 6.14. The third-order valence-electron chi connectivity index (χ3n) is 4.21. The highest BCUT2D eigenvalue weighted by atomic mass is 16.5. The molecule has 5 aliphatic rings. The van der Waals surface area contributed by atoms with E-state index in [2.05, 4.69) is 20.0 Å². The first-order valence-electron chi connectivity index (χ1n) is 9.28. The zero-order chi connectivity index (χ0) is 19.1. The van der Waals surface area contributed by atoms with Crippen LogP contribution < -0.4 is 0 Å². The molecular formula is C22H16N4O. The molecule has 0 aromatic heterocycles. The molecule has 0 atom stereocenters. The number of rotatable bonds is 2. The minimum absolute atomic E-state index is 0.256. The second-order valence-electron chi connectivity index (χ2n) is 6.23. The van der Waals surface area contributed by atoms with Crippen molar-refractivity contribution in [3.8, 4) is 0 Å². The van der Waals surface area contributed by atoms with E-state index in [-0.39, 0.29) is 6.05 Å². The third kappa shape index (κ3) is 3.15. The van der Waals surface area contributed by atoms with Crippen LogP contribution in [0.25, 0.3) is 0 Å². The normalized spacial score (nSPS) is 22.6. The summed E-state index contributed by atoms with van der Waals surface area (Å²) in [4.78, 5) is 18.4. The molecule has 27 heavy (non-hydrogen) atoms. The molecule has 8 bridgehead atoms. The van der Waals surface area contributed by atoms with Gasteiger partial charge < -0.3 is 4.74 Å². The molecule has 0 N–H and O–H groups in total. The molecular weight excluding hydrogens is 336 g/mol. The average Bonchev–Trinajstić information content (AvgIpc) is 3.44. The molecule has 0 fully saturated rings. The van der Waals surface area contributed by atoms with E-state index in [9.17, 15) is 0 Å². The maximum Gasteiger partial charge on any atom is 0.147 e. The zero-order valence-corrected chi connectivity index (χ0v) is 14.7. The molecule has 5 rings (SSSR count). The first-order chi connectivity index (χ1) is 13.7. The van der Waals surface area contributed by atoms with Gasteiger partial charge in [-0.25, -0.2) is 20.0 Å². The number of fused-ring (bicyclic) bond motifs is 4. The van der Waals surface area contributed by atoms with E-state index in [0.29, 0.717) is 23.8 Å². The Balaban J connectivity index is 1.67. The van der Waals surface area contributed by atoms with Crippen molar-refractivity contribution in [2.75, 3.05) is 6.61 Å². The predicted octanol–water partition coefficient (Wildman–Crippen LogP) is 3.94. The minimum Gasteiger partial charge on any atom is -0.492 e. The van der Waals surface area contributed by atoms with E-state index in [4.69, 9.17) is 6.11 Å². The van der Waals surface area contributed by atoms with Crippen LogP contribution in [0.3, 0.4) is 0 Å². The van der Waals surface area contributed by atoms with Crippen LogP contribution in [-0.2, 0) is 4.74 Å². The molecule has 0 saturated heterocycles. The number of ether oxygens (including phenoxy) is 1. The van der Waals surface area contributed by atoms with E-state index in [1.807, 2.05) is 61.6 Å². The second kappa shape index (κ2) is 6.29. The van der Waals surface area contributed by atoms with Crippen LogP contribution in [0.1, 0.15) is 8.29 Å². The van der Waals surface area contributed by atoms with Crippen LogP contribution in [0.15, 0.2) is 115 Å². The maximum absolute atomic E-state index is 8.46. The highest BCUT2D eigenvalue weighted by Gasteiger charge is 2.17. The van der Waals surface area contributed by atoms with Gasteiger partial charge in [0, 0.05) is 6.05 Å². The molecule has 0 radical (unpaired) electrons. The molecule has 0 aromatic rings. The quantitative estimate of drug-likeness (QED) is 0.742. The van der Waals surface area contributed by atoms with Gasteiger partial charge in [0.15, 0.2) is 0 Å². The van der Waals surface area contributed by atoms with Gasteiger partial charge in [-0.2, -0.15) is 0 Å². The van der Waals surface area contributed by atoms with Gasteiger partial charge >= 0.3 is 0 Å². The summed E-state index contributed by atoms with van der Waals surface area (Å²) < 4.78 is 14.2. The van der Waals surface area contributed by atoms with Gasteiger partial charge in [0.25, 0.3) is 0 Å². The van der Waals surface area contributed by atoms with Gasteiger partial charge in [0.1, 0.15) is 11.5 Å². The first-order valence-corrected chi connectivity index (χ1v) is 8.78. The molecule has 0 aromatic carbocycles.